The molecule has 2 aromatic carbocycles. The summed E-state index contributed by atoms with van der Waals surface area (Å²) in [5.74, 6) is 1.05. The number of hydrogen-bond donors (Lipinski definition) is 1. The smallest absolute Gasteiger partial charge is 0.222 e. The van der Waals surface area contributed by atoms with Crippen molar-refractivity contribution < 1.29 is 14.3 Å². The highest BCUT2D eigenvalue weighted by atomic mass is 16.4. The standard InChI is InChI=1S/C24H29N3O3/c1-27(18-21(28)20-13-6-3-7-14-20)24(29)17-16-23-26-25-22(30-23)15-9-8-12-19-10-4-2-5-11-19/h2-7,10-11,13-14,21,28H,8-9,12,15-18H2,1H3/t21-/m0/s1. The quantitative estimate of drug-likeness (QED) is 0.490. The molecule has 0 aliphatic rings. The molecule has 1 atom stereocenters. The maximum Gasteiger partial charge on any atom is 0.222 e. The molecule has 158 valence electrons. The second-order valence-electron chi connectivity index (χ2n) is 7.48. The summed E-state index contributed by atoms with van der Waals surface area (Å²) >= 11 is 0. The van der Waals surface area contributed by atoms with Gasteiger partial charge in [0.05, 0.1) is 12.6 Å². The molecular weight excluding hydrogens is 378 g/mol. The molecule has 0 saturated carbocycles. The van der Waals surface area contributed by atoms with Crippen molar-refractivity contribution in [1.82, 2.24) is 15.1 Å². The molecule has 0 bridgehead atoms. The normalized spacial score (nSPS) is 11.9. The summed E-state index contributed by atoms with van der Waals surface area (Å²) < 4.78 is 5.67. The van der Waals surface area contributed by atoms with E-state index in [1.54, 1.807) is 11.9 Å². The maximum absolute atomic E-state index is 12.4. The van der Waals surface area contributed by atoms with E-state index in [2.05, 4.69) is 34.5 Å². The lowest BCUT2D eigenvalue weighted by molar-refractivity contribution is -0.131. The number of nitrogens with zero attached hydrogens (tertiary/aromatic N) is 3. The van der Waals surface area contributed by atoms with E-state index in [0.29, 0.717) is 18.2 Å². The first-order valence-corrected chi connectivity index (χ1v) is 10.4. The highest BCUT2D eigenvalue weighted by molar-refractivity contribution is 5.76. The van der Waals surface area contributed by atoms with Crippen LogP contribution in [-0.4, -0.2) is 39.7 Å². The molecule has 0 saturated heterocycles. The molecule has 0 aliphatic carbocycles. The summed E-state index contributed by atoms with van der Waals surface area (Å²) in [5, 5.41) is 18.4. The lowest BCUT2D eigenvalue weighted by atomic mass is 10.1. The third kappa shape index (κ3) is 6.81. The van der Waals surface area contributed by atoms with Crippen molar-refractivity contribution in [3.63, 3.8) is 0 Å². The SMILES string of the molecule is CN(C[C@H](O)c1ccccc1)C(=O)CCc1nnc(CCCCc2ccccc2)o1. The van der Waals surface area contributed by atoms with Gasteiger partial charge in [0.1, 0.15) is 0 Å². The Balaban J connectivity index is 1.36. The number of carbonyl (C=O) groups is 1. The molecule has 6 heteroatoms. The lowest BCUT2D eigenvalue weighted by Gasteiger charge is -2.21. The number of aliphatic hydroxyl groups excluding tert-OH is 1. The number of amides is 1. The van der Waals surface area contributed by atoms with Crippen LogP contribution in [0.4, 0.5) is 0 Å². The lowest BCUT2D eigenvalue weighted by Crippen LogP contribution is -2.31. The summed E-state index contributed by atoms with van der Waals surface area (Å²) in [5.41, 5.74) is 2.13. The first-order valence-electron chi connectivity index (χ1n) is 10.4. The molecule has 0 radical (unpaired) electrons. The first-order chi connectivity index (χ1) is 14.6. The van der Waals surface area contributed by atoms with Gasteiger partial charge in [-0.25, -0.2) is 0 Å². The monoisotopic (exact) mass is 407 g/mol. The fourth-order valence-electron chi connectivity index (χ4n) is 3.29. The maximum atomic E-state index is 12.4. The van der Waals surface area contributed by atoms with Crippen molar-refractivity contribution in [3.8, 4) is 0 Å². The Kier molecular flexibility index (Phi) is 8.15. The third-order valence-corrected chi connectivity index (χ3v) is 5.07. The van der Waals surface area contributed by atoms with Gasteiger partial charge in [-0.3, -0.25) is 4.79 Å². The zero-order valence-corrected chi connectivity index (χ0v) is 17.4. The van der Waals surface area contributed by atoms with Gasteiger partial charge in [-0.1, -0.05) is 60.7 Å². The molecule has 30 heavy (non-hydrogen) atoms. The van der Waals surface area contributed by atoms with Crippen LogP contribution in [0.15, 0.2) is 65.1 Å². The Bertz CT molecular complexity index is 896. The van der Waals surface area contributed by atoms with Gasteiger partial charge >= 0.3 is 0 Å². The van der Waals surface area contributed by atoms with E-state index in [0.717, 1.165) is 31.2 Å². The van der Waals surface area contributed by atoms with Gasteiger partial charge in [-0.05, 0) is 30.4 Å². The van der Waals surface area contributed by atoms with Gasteiger partial charge in [0, 0.05) is 26.3 Å². The summed E-state index contributed by atoms with van der Waals surface area (Å²) in [4.78, 5) is 13.9. The number of hydrogen-bond acceptors (Lipinski definition) is 5. The van der Waals surface area contributed by atoms with Gasteiger partial charge in [0.2, 0.25) is 17.7 Å². The fraction of sp³-hybridized carbons (Fsp3) is 0.375. The van der Waals surface area contributed by atoms with Crippen LogP contribution in [0.2, 0.25) is 0 Å². The molecule has 1 N–H and O–H groups in total. The first kappa shape index (κ1) is 21.7. The van der Waals surface area contributed by atoms with E-state index < -0.39 is 6.10 Å². The Morgan fingerprint density at radius 1 is 0.933 bits per heavy atom. The van der Waals surface area contributed by atoms with E-state index >= 15 is 0 Å². The van der Waals surface area contributed by atoms with Crippen molar-refractivity contribution in [1.29, 1.82) is 0 Å². The molecule has 6 nitrogen and oxygen atoms in total. The van der Waals surface area contributed by atoms with Gasteiger partial charge in [0.25, 0.3) is 0 Å². The molecule has 0 unspecified atom stereocenters. The number of carbonyl (C=O) groups excluding carboxylic acids is 1. The second kappa shape index (κ2) is 11.3. The highest BCUT2D eigenvalue weighted by Gasteiger charge is 2.16. The van der Waals surface area contributed by atoms with E-state index in [1.807, 2.05) is 36.4 Å². The molecule has 0 spiro atoms. The summed E-state index contributed by atoms with van der Waals surface area (Å²) in [6, 6.07) is 19.7. The van der Waals surface area contributed by atoms with Crippen molar-refractivity contribution in [2.45, 2.75) is 44.6 Å². The Morgan fingerprint density at radius 2 is 1.53 bits per heavy atom. The van der Waals surface area contributed by atoms with Crippen LogP contribution in [0, 0.1) is 0 Å². The minimum atomic E-state index is -0.703. The highest BCUT2D eigenvalue weighted by Crippen LogP contribution is 2.14. The number of aryl methyl sites for hydroxylation is 3. The van der Waals surface area contributed by atoms with E-state index in [1.165, 1.54) is 5.56 Å². The number of aromatic nitrogens is 2. The molecule has 1 heterocycles. The van der Waals surface area contributed by atoms with Crippen LogP contribution in [0.1, 0.15) is 48.3 Å². The van der Waals surface area contributed by atoms with Gasteiger partial charge in [0.15, 0.2) is 0 Å². The van der Waals surface area contributed by atoms with Gasteiger partial charge in [-0.2, -0.15) is 0 Å². The van der Waals surface area contributed by atoms with Crippen molar-refractivity contribution >= 4 is 5.91 Å². The largest absolute Gasteiger partial charge is 0.425 e. The zero-order valence-electron chi connectivity index (χ0n) is 17.4. The van der Waals surface area contributed by atoms with Gasteiger partial charge < -0.3 is 14.4 Å². The predicted molar refractivity (Wildman–Crippen MR) is 115 cm³/mol. The molecule has 0 aliphatic heterocycles. The van der Waals surface area contributed by atoms with E-state index in [9.17, 15) is 9.90 Å². The topological polar surface area (TPSA) is 79.5 Å². The van der Waals surface area contributed by atoms with Crippen molar-refractivity contribution in [2.24, 2.45) is 0 Å². The van der Waals surface area contributed by atoms with Crippen LogP contribution in [0.5, 0.6) is 0 Å². The van der Waals surface area contributed by atoms with Crippen LogP contribution >= 0.6 is 0 Å². The number of benzene rings is 2. The number of rotatable bonds is 11. The average molecular weight is 408 g/mol. The summed E-state index contributed by atoms with van der Waals surface area (Å²) in [6.45, 7) is 0.249. The van der Waals surface area contributed by atoms with E-state index in [4.69, 9.17) is 4.42 Å². The Labute approximate surface area is 177 Å². The van der Waals surface area contributed by atoms with Crippen LogP contribution in [-0.2, 0) is 24.1 Å². The molecular formula is C24H29N3O3. The summed E-state index contributed by atoms with van der Waals surface area (Å²) in [7, 11) is 1.69. The number of aliphatic hydroxyl groups is 1. The van der Waals surface area contributed by atoms with E-state index in [-0.39, 0.29) is 18.9 Å². The van der Waals surface area contributed by atoms with Crippen molar-refractivity contribution in [2.75, 3.05) is 13.6 Å². The number of unbranched alkanes of at least 4 members (excludes halogenated alkanes) is 1. The molecule has 3 rings (SSSR count). The minimum absolute atomic E-state index is 0.0624. The van der Waals surface area contributed by atoms with Gasteiger partial charge in [-0.15, -0.1) is 10.2 Å². The number of likely N-dealkylation sites (N-methyl/N-ethyl adjacent to an activating group) is 1. The summed E-state index contributed by atoms with van der Waals surface area (Å²) in [6.07, 6.45) is 3.81. The molecule has 1 aromatic heterocycles. The van der Waals surface area contributed by atoms with Crippen LogP contribution < -0.4 is 0 Å². The molecule has 1 amide bonds. The minimum Gasteiger partial charge on any atom is -0.425 e. The fourth-order valence-corrected chi connectivity index (χ4v) is 3.29. The second-order valence-corrected chi connectivity index (χ2v) is 7.48. The van der Waals surface area contributed by atoms with Crippen LogP contribution in [0.3, 0.4) is 0 Å². The zero-order chi connectivity index (χ0) is 21.2. The van der Waals surface area contributed by atoms with Crippen LogP contribution in [0.25, 0.3) is 0 Å². The predicted octanol–water partition coefficient (Wildman–Crippen LogP) is 3.76. The molecule has 3 aromatic rings. The average Bonchev–Trinajstić information content (AvgIpc) is 3.24. The third-order valence-electron chi connectivity index (χ3n) is 5.07. The van der Waals surface area contributed by atoms with Crippen molar-refractivity contribution in [3.05, 3.63) is 83.6 Å². The molecule has 0 fully saturated rings. The Morgan fingerprint density at radius 3 is 2.23 bits per heavy atom. The Hall–Kier alpha value is -2.99.